The summed E-state index contributed by atoms with van der Waals surface area (Å²) in [6, 6.07) is -0.991. The number of amides is 2. The van der Waals surface area contributed by atoms with Crippen LogP contribution in [0.1, 0.15) is 19.7 Å². The number of aromatic nitrogens is 4. The standard InChI is InChI=1S/C20H25N11O5S3/c1-3-30-13(23)8(21)12(22)26-20(30)38-6-7-5-37-17-10(16(33)31(17)11(7)18(34)35)25-15(32)9(28-36-4-2)14-27-19(24)39-29-14/h10,17H,3-6H2,1-2H3,(H9,21,22,23,24,25,27,28,29,32,34,35)/p+1. The summed E-state index contributed by atoms with van der Waals surface area (Å²) in [6.45, 7) is 4.19. The quantitative estimate of drug-likeness (QED) is 0.0472. The van der Waals surface area contributed by atoms with Gasteiger partial charge in [0.1, 0.15) is 23.7 Å². The predicted octanol–water partition coefficient (Wildman–Crippen LogP) is -1.16. The van der Waals surface area contributed by atoms with Gasteiger partial charge < -0.3 is 38.2 Å². The van der Waals surface area contributed by atoms with E-state index in [1.54, 1.807) is 11.5 Å². The smallest absolute Gasteiger partial charge is 0.352 e. The summed E-state index contributed by atoms with van der Waals surface area (Å²) in [6.07, 6.45) is 0. The van der Waals surface area contributed by atoms with Gasteiger partial charge in [-0.05, 0) is 31.2 Å². The number of nitrogens with one attached hydrogen (secondary N) is 1. The van der Waals surface area contributed by atoms with Crippen molar-refractivity contribution in [2.45, 2.75) is 37.0 Å². The fourth-order valence-corrected chi connectivity index (χ4v) is 6.82. The third-order valence-electron chi connectivity index (χ3n) is 5.67. The second-order valence-electron chi connectivity index (χ2n) is 8.04. The number of hydrogen-bond donors (Lipinski definition) is 6. The Morgan fingerprint density at radius 3 is 2.64 bits per heavy atom. The van der Waals surface area contributed by atoms with Crippen LogP contribution in [0.15, 0.2) is 21.6 Å². The van der Waals surface area contributed by atoms with Crippen LogP contribution in [-0.4, -0.2) is 77.4 Å². The van der Waals surface area contributed by atoms with Gasteiger partial charge >= 0.3 is 11.1 Å². The number of anilines is 4. The molecular weight excluding hydrogens is 570 g/mol. The Labute approximate surface area is 234 Å². The van der Waals surface area contributed by atoms with Gasteiger partial charge in [-0.1, -0.05) is 10.1 Å². The van der Waals surface area contributed by atoms with Crippen molar-refractivity contribution in [3.63, 3.8) is 0 Å². The summed E-state index contributed by atoms with van der Waals surface area (Å²) in [4.78, 5) is 52.7. The Morgan fingerprint density at radius 2 is 2.03 bits per heavy atom. The van der Waals surface area contributed by atoms with E-state index in [4.69, 9.17) is 27.8 Å². The molecule has 1 saturated heterocycles. The number of carboxylic acid groups (broad SMARTS) is 1. The van der Waals surface area contributed by atoms with E-state index < -0.39 is 29.2 Å². The van der Waals surface area contributed by atoms with Crippen LogP contribution >= 0.6 is 35.1 Å². The molecule has 2 unspecified atom stereocenters. The Bertz CT molecular complexity index is 1400. The van der Waals surface area contributed by atoms with Crippen LogP contribution in [0.2, 0.25) is 0 Å². The van der Waals surface area contributed by atoms with Crippen molar-refractivity contribution in [2.24, 2.45) is 5.16 Å². The number of oxime groups is 1. The maximum absolute atomic E-state index is 13.1. The number of fused-ring (bicyclic) bond motifs is 1. The van der Waals surface area contributed by atoms with E-state index in [0.29, 0.717) is 23.0 Å². The van der Waals surface area contributed by atoms with Crippen molar-refractivity contribution >= 4 is 81.0 Å². The molecule has 10 N–H and O–H groups in total. The minimum absolute atomic E-state index is 0.0457. The minimum Gasteiger partial charge on any atom is -0.477 e. The molecule has 2 aliphatic heterocycles. The number of thioether (sulfide) groups is 2. The van der Waals surface area contributed by atoms with E-state index in [-0.39, 0.29) is 52.0 Å². The number of aliphatic carboxylic acids is 1. The third-order valence-corrected chi connectivity index (χ3v) is 8.62. The van der Waals surface area contributed by atoms with Gasteiger partial charge in [-0.25, -0.2) is 9.36 Å². The van der Waals surface area contributed by atoms with Crippen LogP contribution < -0.4 is 32.8 Å². The zero-order valence-electron chi connectivity index (χ0n) is 20.8. The molecule has 2 amide bonds. The Hall–Kier alpha value is -3.84. The second kappa shape index (κ2) is 11.5. The number of carbonyl (C=O) groups excluding carboxylic acids is 2. The monoisotopic (exact) mass is 596 g/mol. The third kappa shape index (κ3) is 5.36. The highest BCUT2D eigenvalue weighted by Crippen LogP contribution is 2.41. The number of nitrogens with two attached hydrogens (primary N) is 4. The summed E-state index contributed by atoms with van der Waals surface area (Å²) in [7, 11) is 0. The van der Waals surface area contributed by atoms with E-state index in [0.717, 1.165) is 11.5 Å². The van der Waals surface area contributed by atoms with Gasteiger partial charge in [0.2, 0.25) is 23.2 Å². The highest BCUT2D eigenvalue weighted by atomic mass is 32.2. The number of β-lactam (4-membered cyclic amide) rings is 1. The van der Waals surface area contributed by atoms with Gasteiger partial charge in [0, 0.05) is 23.0 Å². The molecule has 2 atom stereocenters. The van der Waals surface area contributed by atoms with Crippen molar-refractivity contribution in [1.29, 1.82) is 0 Å². The van der Waals surface area contributed by atoms with Gasteiger partial charge in [-0.2, -0.15) is 9.36 Å². The predicted molar refractivity (Wildman–Crippen MR) is 146 cm³/mol. The Kier molecular flexibility index (Phi) is 8.31. The lowest BCUT2D eigenvalue weighted by atomic mass is 10.0. The van der Waals surface area contributed by atoms with Crippen LogP contribution in [-0.2, 0) is 25.8 Å². The number of nitrogens with zero attached hydrogens (tertiary/aromatic N) is 6. The molecule has 16 nitrogen and oxygen atoms in total. The highest BCUT2D eigenvalue weighted by molar-refractivity contribution is 8.01. The summed E-state index contributed by atoms with van der Waals surface area (Å²) >= 11 is 3.42. The van der Waals surface area contributed by atoms with E-state index in [9.17, 15) is 19.5 Å². The van der Waals surface area contributed by atoms with Gasteiger partial charge in [0.25, 0.3) is 11.8 Å². The fourth-order valence-electron chi connectivity index (χ4n) is 3.82. The van der Waals surface area contributed by atoms with Crippen molar-refractivity contribution in [2.75, 3.05) is 41.0 Å². The average molecular weight is 597 g/mol. The molecule has 0 saturated carbocycles. The van der Waals surface area contributed by atoms with Gasteiger partial charge in [-0.3, -0.25) is 14.5 Å². The molecule has 0 aromatic carbocycles. The topological polar surface area (TPSA) is 255 Å². The van der Waals surface area contributed by atoms with Gasteiger partial charge in [0.05, 0.1) is 6.54 Å². The average Bonchev–Trinajstić information content (AvgIpc) is 3.34. The number of hydrogen-bond acceptors (Lipinski definition) is 15. The van der Waals surface area contributed by atoms with Crippen LogP contribution in [0.3, 0.4) is 0 Å². The van der Waals surface area contributed by atoms with Gasteiger partial charge in [-0.15, -0.1) is 11.8 Å². The molecule has 19 heteroatoms. The summed E-state index contributed by atoms with van der Waals surface area (Å²) in [5.41, 5.74) is 23.7. The van der Waals surface area contributed by atoms with Crippen LogP contribution in [0.25, 0.3) is 0 Å². The van der Waals surface area contributed by atoms with E-state index in [2.05, 4.69) is 24.8 Å². The Balaban J connectivity index is 1.52. The molecule has 4 rings (SSSR count). The second-order valence-corrected chi connectivity index (χ2v) is 10.9. The lowest BCUT2D eigenvalue weighted by Gasteiger charge is -2.49. The number of rotatable bonds is 10. The molecule has 4 heterocycles. The van der Waals surface area contributed by atoms with Crippen LogP contribution in [0, 0.1) is 0 Å². The fraction of sp³-hybridized carbons (Fsp3) is 0.400. The number of nitrogen functional groups attached to an aromatic ring is 4. The number of carbonyl (C=O) groups is 3. The summed E-state index contributed by atoms with van der Waals surface area (Å²) in [5.74, 6) is -1.80. The molecular formula is C20H26N11O5S3+. The van der Waals surface area contributed by atoms with Crippen molar-refractivity contribution < 1.29 is 28.9 Å². The molecule has 2 aromatic rings. The van der Waals surface area contributed by atoms with Crippen molar-refractivity contribution in [1.82, 2.24) is 24.6 Å². The van der Waals surface area contributed by atoms with E-state index in [1.165, 1.54) is 28.4 Å². The van der Waals surface area contributed by atoms with Gasteiger partial charge in [0.15, 0.2) is 10.8 Å². The van der Waals surface area contributed by atoms with E-state index >= 15 is 0 Å². The lowest BCUT2D eigenvalue weighted by molar-refractivity contribution is -0.719. The van der Waals surface area contributed by atoms with Crippen molar-refractivity contribution in [3.05, 3.63) is 17.1 Å². The molecule has 2 aromatic heterocycles. The summed E-state index contributed by atoms with van der Waals surface area (Å²) < 4.78 is 5.65. The first-order valence-corrected chi connectivity index (χ1v) is 14.3. The molecule has 0 aliphatic carbocycles. The highest BCUT2D eigenvalue weighted by Gasteiger charge is 2.54. The van der Waals surface area contributed by atoms with E-state index in [1.807, 2.05) is 6.92 Å². The molecule has 0 radical (unpaired) electrons. The van der Waals surface area contributed by atoms with Crippen LogP contribution in [0.5, 0.6) is 0 Å². The first kappa shape index (κ1) is 28.2. The maximum atomic E-state index is 13.1. The minimum atomic E-state index is -1.26. The first-order valence-electron chi connectivity index (χ1n) is 11.5. The number of carboxylic acids is 1. The van der Waals surface area contributed by atoms with Crippen LogP contribution in [0.4, 0.5) is 22.5 Å². The first-order chi connectivity index (χ1) is 18.6. The lowest BCUT2D eigenvalue weighted by Crippen LogP contribution is -2.71. The SMILES string of the molecule is CCO/N=C(\C(=O)NC1C(=O)N2C(C(=O)O)=C(CSc3nc(N)c(N)c(N)[n+]3CC)CSC12)c1nsc(N)n1. The molecule has 2 aliphatic rings. The molecule has 1 fully saturated rings. The molecule has 39 heavy (non-hydrogen) atoms. The zero-order valence-corrected chi connectivity index (χ0v) is 23.2. The Morgan fingerprint density at radius 1 is 1.28 bits per heavy atom. The largest absolute Gasteiger partial charge is 0.477 e. The van der Waals surface area contributed by atoms with Crippen molar-refractivity contribution in [3.8, 4) is 0 Å². The zero-order chi connectivity index (χ0) is 28.4. The molecule has 208 valence electrons. The molecule has 0 spiro atoms. The normalized spacial score (nSPS) is 19.0. The summed E-state index contributed by atoms with van der Waals surface area (Å²) in [5, 5.41) is 16.3. The maximum Gasteiger partial charge on any atom is 0.352 e. The molecule has 0 bridgehead atoms.